The van der Waals surface area contributed by atoms with Gasteiger partial charge in [0.25, 0.3) is 0 Å². The zero-order valence-electron chi connectivity index (χ0n) is 13.2. The molecule has 1 aliphatic rings. The fourth-order valence-corrected chi connectivity index (χ4v) is 3.84. The predicted octanol–water partition coefficient (Wildman–Crippen LogP) is 3.40. The van der Waals surface area contributed by atoms with Crippen LogP contribution in [0.15, 0.2) is 10.9 Å². The first-order chi connectivity index (χ1) is 9.36. The molecule has 1 aromatic rings. The first-order valence-corrected chi connectivity index (χ1v) is 8.54. The SMILES string of the molecule is CN(Cc1cscn1)CC1CC(C(C)(C)C)CCC1O. The standard InChI is InChI=1S/C16H28N2OS/c1-16(2,3)13-5-6-15(19)12(7-13)8-18(4)9-14-10-20-11-17-14/h10-13,15,19H,5-9H2,1-4H3. The van der Waals surface area contributed by atoms with E-state index in [-0.39, 0.29) is 6.10 Å². The molecule has 3 atom stereocenters. The minimum Gasteiger partial charge on any atom is -0.393 e. The second-order valence-corrected chi connectivity index (χ2v) is 8.10. The maximum atomic E-state index is 10.3. The molecule has 20 heavy (non-hydrogen) atoms. The molecular weight excluding hydrogens is 268 g/mol. The van der Waals surface area contributed by atoms with Gasteiger partial charge in [-0.05, 0) is 43.6 Å². The third-order valence-corrected chi connectivity index (χ3v) is 5.26. The lowest BCUT2D eigenvalue weighted by Crippen LogP contribution is -2.40. The number of rotatable bonds is 4. The summed E-state index contributed by atoms with van der Waals surface area (Å²) >= 11 is 1.64. The normalized spacial score (nSPS) is 28.0. The Balaban J connectivity index is 1.89. The minimum absolute atomic E-state index is 0.133. The van der Waals surface area contributed by atoms with Gasteiger partial charge in [-0.25, -0.2) is 4.98 Å². The van der Waals surface area contributed by atoms with E-state index in [0.717, 1.165) is 44.0 Å². The molecule has 0 saturated heterocycles. The summed E-state index contributed by atoms with van der Waals surface area (Å²) in [5.74, 6) is 1.13. The third-order valence-electron chi connectivity index (χ3n) is 4.63. The van der Waals surface area contributed by atoms with E-state index in [2.05, 4.69) is 43.1 Å². The molecule has 0 spiro atoms. The summed E-state index contributed by atoms with van der Waals surface area (Å²) in [5, 5.41) is 12.4. The van der Waals surface area contributed by atoms with Crippen LogP contribution >= 0.6 is 11.3 Å². The van der Waals surface area contributed by atoms with Crippen molar-refractivity contribution in [1.29, 1.82) is 0 Å². The number of thiazole rings is 1. The zero-order chi connectivity index (χ0) is 14.8. The van der Waals surface area contributed by atoms with Gasteiger partial charge in [0.05, 0.1) is 17.3 Å². The smallest absolute Gasteiger partial charge is 0.0795 e. The van der Waals surface area contributed by atoms with Gasteiger partial charge < -0.3 is 10.0 Å². The molecule has 1 saturated carbocycles. The molecule has 0 aromatic carbocycles. The average molecular weight is 296 g/mol. The van der Waals surface area contributed by atoms with Gasteiger partial charge >= 0.3 is 0 Å². The number of aliphatic hydroxyl groups is 1. The number of hydrogen-bond donors (Lipinski definition) is 1. The van der Waals surface area contributed by atoms with Crippen LogP contribution in [0.1, 0.15) is 45.7 Å². The van der Waals surface area contributed by atoms with Crippen LogP contribution < -0.4 is 0 Å². The van der Waals surface area contributed by atoms with Gasteiger partial charge in [-0.3, -0.25) is 0 Å². The van der Waals surface area contributed by atoms with Crippen molar-refractivity contribution in [2.24, 2.45) is 17.3 Å². The quantitative estimate of drug-likeness (QED) is 0.925. The molecule has 2 rings (SSSR count). The molecular formula is C16H28N2OS. The fourth-order valence-electron chi connectivity index (χ4n) is 3.29. The Hall–Kier alpha value is -0.450. The molecule has 1 aromatic heterocycles. The lowest BCUT2D eigenvalue weighted by molar-refractivity contribution is 0.00549. The summed E-state index contributed by atoms with van der Waals surface area (Å²) < 4.78 is 0. The Morgan fingerprint density at radius 3 is 2.75 bits per heavy atom. The van der Waals surface area contributed by atoms with Crippen LogP contribution in [0.3, 0.4) is 0 Å². The van der Waals surface area contributed by atoms with E-state index in [1.807, 2.05) is 5.51 Å². The van der Waals surface area contributed by atoms with Crippen molar-refractivity contribution in [2.45, 2.75) is 52.7 Å². The Bertz CT molecular complexity index is 399. The topological polar surface area (TPSA) is 36.4 Å². The monoisotopic (exact) mass is 296 g/mol. The van der Waals surface area contributed by atoms with Crippen molar-refractivity contribution in [3.05, 3.63) is 16.6 Å². The van der Waals surface area contributed by atoms with Gasteiger partial charge in [-0.1, -0.05) is 20.8 Å². The van der Waals surface area contributed by atoms with Crippen molar-refractivity contribution in [1.82, 2.24) is 9.88 Å². The van der Waals surface area contributed by atoms with Gasteiger partial charge in [0.15, 0.2) is 0 Å². The lowest BCUT2D eigenvalue weighted by atomic mass is 9.68. The van der Waals surface area contributed by atoms with Crippen LogP contribution in [0.5, 0.6) is 0 Å². The van der Waals surface area contributed by atoms with Crippen LogP contribution in [-0.4, -0.2) is 34.7 Å². The summed E-state index contributed by atoms with van der Waals surface area (Å²) in [6.07, 6.45) is 3.13. The third kappa shape index (κ3) is 4.27. The van der Waals surface area contributed by atoms with Gasteiger partial charge in [0.2, 0.25) is 0 Å². The Kier molecular flexibility index (Phi) is 5.21. The number of aliphatic hydroxyl groups excluding tert-OH is 1. The zero-order valence-corrected chi connectivity index (χ0v) is 14.0. The summed E-state index contributed by atoms with van der Waals surface area (Å²) in [4.78, 5) is 6.64. The molecule has 3 unspecified atom stereocenters. The molecule has 114 valence electrons. The molecule has 1 heterocycles. The molecule has 1 fully saturated rings. The summed E-state index contributed by atoms with van der Waals surface area (Å²) in [5.41, 5.74) is 3.37. The van der Waals surface area contributed by atoms with Gasteiger partial charge in [0.1, 0.15) is 0 Å². The highest BCUT2D eigenvalue weighted by molar-refractivity contribution is 7.07. The number of nitrogens with zero attached hydrogens (tertiary/aromatic N) is 2. The summed E-state index contributed by atoms with van der Waals surface area (Å²) in [6, 6.07) is 0. The van der Waals surface area contributed by atoms with Crippen LogP contribution in [0.4, 0.5) is 0 Å². The van der Waals surface area contributed by atoms with Gasteiger partial charge in [0, 0.05) is 18.5 Å². The highest BCUT2D eigenvalue weighted by Crippen LogP contribution is 2.40. The number of hydrogen-bond acceptors (Lipinski definition) is 4. The van der Waals surface area contributed by atoms with E-state index < -0.39 is 0 Å². The highest BCUT2D eigenvalue weighted by Gasteiger charge is 2.35. The average Bonchev–Trinajstić information content (AvgIpc) is 2.83. The van der Waals surface area contributed by atoms with Crippen molar-refractivity contribution in [2.75, 3.05) is 13.6 Å². The first kappa shape index (κ1) is 15.9. The fraction of sp³-hybridized carbons (Fsp3) is 0.812. The van der Waals surface area contributed by atoms with Crippen molar-refractivity contribution < 1.29 is 5.11 Å². The van der Waals surface area contributed by atoms with Crippen molar-refractivity contribution in [3.63, 3.8) is 0 Å². The highest BCUT2D eigenvalue weighted by atomic mass is 32.1. The second-order valence-electron chi connectivity index (χ2n) is 7.38. The molecule has 3 nitrogen and oxygen atoms in total. The summed E-state index contributed by atoms with van der Waals surface area (Å²) in [6.45, 7) is 8.82. The predicted molar refractivity (Wildman–Crippen MR) is 84.7 cm³/mol. The first-order valence-electron chi connectivity index (χ1n) is 7.60. The van der Waals surface area contributed by atoms with E-state index >= 15 is 0 Å². The van der Waals surface area contributed by atoms with E-state index in [1.54, 1.807) is 11.3 Å². The molecule has 1 N–H and O–H groups in total. The van der Waals surface area contributed by atoms with E-state index in [1.165, 1.54) is 0 Å². The van der Waals surface area contributed by atoms with Crippen LogP contribution in [0.25, 0.3) is 0 Å². The minimum atomic E-state index is -0.133. The Labute approximate surface area is 127 Å². The molecule has 4 heteroatoms. The molecule has 0 amide bonds. The van der Waals surface area contributed by atoms with Gasteiger partial charge in [-0.15, -0.1) is 11.3 Å². The second kappa shape index (κ2) is 6.54. The maximum absolute atomic E-state index is 10.3. The molecule has 0 radical (unpaired) electrons. The van der Waals surface area contributed by atoms with Crippen molar-refractivity contribution >= 4 is 11.3 Å². The molecule has 1 aliphatic carbocycles. The van der Waals surface area contributed by atoms with Crippen molar-refractivity contribution in [3.8, 4) is 0 Å². The van der Waals surface area contributed by atoms with Crippen LogP contribution in [-0.2, 0) is 6.54 Å². The molecule has 0 bridgehead atoms. The van der Waals surface area contributed by atoms with Crippen LogP contribution in [0.2, 0.25) is 0 Å². The maximum Gasteiger partial charge on any atom is 0.0795 e. The van der Waals surface area contributed by atoms with E-state index in [0.29, 0.717) is 11.3 Å². The van der Waals surface area contributed by atoms with Crippen LogP contribution in [0, 0.1) is 17.3 Å². The van der Waals surface area contributed by atoms with Gasteiger partial charge in [-0.2, -0.15) is 0 Å². The van der Waals surface area contributed by atoms with E-state index in [9.17, 15) is 5.11 Å². The summed E-state index contributed by atoms with van der Waals surface area (Å²) in [7, 11) is 2.13. The number of aromatic nitrogens is 1. The Morgan fingerprint density at radius 1 is 1.40 bits per heavy atom. The lowest BCUT2D eigenvalue weighted by Gasteiger charge is -2.41. The Morgan fingerprint density at radius 2 is 2.15 bits per heavy atom. The largest absolute Gasteiger partial charge is 0.393 e. The molecule has 0 aliphatic heterocycles. The van der Waals surface area contributed by atoms with E-state index in [4.69, 9.17) is 0 Å².